The Morgan fingerprint density at radius 3 is 2.71 bits per heavy atom. The molecule has 0 atom stereocenters. The maximum atomic E-state index is 12.6. The van der Waals surface area contributed by atoms with Gasteiger partial charge in [-0.25, -0.2) is 4.79 Å². The van der Waals surface area contributed by atoms with Crippen LogP contribution in [0.3, 0.4) is 0 Å². The number of rotatable bonds is 3. The van der Waals surface area contributed by atoms with Gasteiger partial charge in [-0.2, -0.15) is 0 Å². The predicted molar refractivity (Wildman–Crippen MR) is 97.0 cm³/mol. The second-order valence-corrected chi connectivity index (χ2v) is 7.03. The molecule has 5 nitrogen and oxygen atoms in total. The largest absolute Gasteiger partial charge is 0.495 e. The summed E-state index contributed by atoms with van der Waals surface area (Å²) in [5, 5.41) is 3.52. The van der Waals surface area contributed by atoms with Crippen LogP contribution in [-0.4, -0.2) is 55.2 Å². The van der Waals surface area contributed by atoms with Gasteiger partial charge >= 0.3 is 6.03 Å². The molecule has 132 valence electrons. The lowest BCUT2D eigenvalue weighted by Crippen LogP contribution is -2.40. The number of benzene rings is 1. The van der Waals surface area contributed by atoms with Crippen LogP contribution in [0.15, 0.2) is 18.2 Å². The molecule has 1 heterocycles. The first-order valence-corrected chi connectivity index (χ1v) is 9.18. The first-order chi connectivity index (χ1) is 11.7. The Kier molecular flexibility index (Phi) is 5.85. The average Bonchev–Trinajstić information content (AvgIpc) is 2.99. The summed E-state index contributed by atoms with van der Waals surface area (Å²) in [6.07, 6.45) is 6.34. The molecule has 2 fully saturated rings. The summed E-state index contributed by atoms with van der Waals surface area (Å²) < 4.78 is 5.30. The van der Waals surface area contributed by atoms with Gasteiger partial charge < -0.3 is 15.0 Å². The Labute approximate surface area is 148 Å². The quantitative estimate of drug-likeness (QED) is 0.900. The standard InChI is InChI=1S/C18H26ClN3O2/c1-24-17-8-7-14(19)13-16(17)20-18(23)22-10-4-9-21(11-12-22)15-5-2-3-6-15/h7-8,13,15H,2-6,9-12H2,1H3,(H,20,23). The lowest BCUT2D eigenvalue weighted by Gasteiger charge is -2.27. The molecule has 1 aliphatic carbocycles. The van der Waals surface area contributed by atoms with E-state index in [2.05, 4.69) is 10.2 Å². The first kappa shape index (κ1) is 17.4. The number of nitrogens with zero attached hydrogens (tertiary/aromatic N) is 2. The lowest BCUT2D eigenvalue weighted by molar-refractivity contribution is 0.195. The number of hydrogen-bond acceptors (Lipinski definition) is 3. The van der Waals surface area contributed by atoms with Gasteiger partial charge in [-0.05, 0) is 37.5 Å². The van der Waals surface area contributed by atoms with Crippen molar-refractivity contribution in [2.24, 2.45) is 0 Å². The molecule has 0 bridgehead atoms. The monoisotopic (exact) mass is 351 g/mol. The van der Waals surface area contributed by atoms with Crippen LogP contribution in [0, 0.1) is 0 Å². The van der Waals surface area contributed by atoms with Crippen LogP contribution < -0.4 is 10.1 Å². The lowest BCUT2D eigenvalue weighted by atomic mass is 10.2. The summed E-state index contributed by atoms with van der Waals surface area (Å²) in [6.45, 7) is 3.61. The van der Waals surface area contributed by atoms with Crippen molar-refractivity contribution in [1.29, 1.82) is 0 Å². The number of urea groups is 1. The molecule has 1 aromatic rings. The fraction of sp³-hybridized carbons (Fsp3) is 0.611. The van der Waals surface area contributed by atoms with Crippen molar-refractivity contribution in [3.63, 3.8) is 0 Å². The number of ether oxygens (including phenoxy) is 1. The van der Waals surface area contributed by atoms with E-state index in [1.54, 1.807) is 25.3 Å². The second kappa shape index (κ2) is 8.08. The van der Waals surface area contributed by atoms with Crippen molar-refractivity contribution >= 4 is 23.3 Å². The van der Waals surface area contributed by atoms with E-state index in [0.717, 1.165) is 38.6 Å². The molecule has 0 unspecified atom stereocenters. The molecule has 1 aliphatic heterocycles. The molecule has 3 rings (SSSR count). The molecular formula is C18H26ClN3O2. The summed E-state index contributed by atoms with van der Waals surface area (Å²) >= 11 is 6.03. The molecule has 2 amide bonds. The molecule has 1 N–H and O–H groups in total. The van der Waals surface area contributed by atoms with Crippen molar-refractivity contribution in [2.45, 2.75) is 38.1 Å². The van der Waals surface area contributed by atoms with Gasteiger partial charge in [0, 0.05) is 37.2 Å². The van der Waals surface area contributed by atoms with Crippen LogP contribution in [0.4, 0.5) is 10.5 Å². The molecular weight excluding hydrogens is 326 g/mol. The second-order valence-electron chi connectivity index (χ2n) is 6.59. The van der Waals surface area contributed by atoms with Crippen molar-refractivity contribution in [3.05, 3.63) is 23.2 Å². The summed E-state index contributed by atoms with van der Waals surface area (Å²) in [4.78, 5) is 17.1. The summed E-state index contributed by atoms with van der Waals surface area (Å²) in [6, 6.07) is 5.88. The van der Waals surface area contributed by atoms with Gasteiger partial charge in [-0.15, -0.1) is 0 Å². The Morgan fingerprint density at radius 1 is 1.17 bits per heavy atom. The Morgan fingerprint density at radius 2 is 1.96 bits per heavy atom. The third-order valence-corrected chi connectivity index (χ3v) is 5.30. The Balaban J connectivity index is 1.60. The van der Waals surface area contributed by atoms with Crippen molar-refractivity contribution in [3.8, 4) is 5.75 Å². The van der Waals surface area contributed by atoms with Crippen LogP contribution in [0.1, 0.15) is 32.1 Å². The number of halogens is 1. The van der Waals surface area contributed by atoms with Crippen molar-refractivity contribution in [1.82, 2.24) is 9.80 Å². The van der Waals surface area contributed by atoms with E-state index >= 15 is 0 Å². The van der Waals surface area contributed by atoms with E-state index in [1.165, 1.54) is 25.7 Å². The fourth-order valence-corrected chi connectivity index (χ4v) is 3.92. The predicted octanol–water partition coefficient (Wildman–Crippen LogP) is 3.83. The number of carbonyl (C=O) groups excluding carboxylic acids is 1. The fourth-order valence-electron chi connectivity index (χ4n) is 3.75. The third-order valence-electron chi connectivity index (χ3n) is 5.06. The minimum absolute atomic E-state index is 0.0798. The van der Waals surface area contributed by atoms with Crippen molar-refractivity contribution < 1.29 is 9.53 Å². The Hall–Kier alpha value is -1.46. The minimum Gasteiger partial charge on any atom is -0.495 e. The smallest absolute Gasteiger partial charge is 0.321 e. The van der Waals surface area contributed by atoms with Crippen LogP contribution in [0.2, 0.25) is 5.02 Å². The van der Waals surface area contributed by atoms with E-state index in [4.69, 9.17) is 16.3 Å². The normalized spacial score (nSPS) is 20.0. The van der Waals surface area contributed by atoms with E-state index in [1.807, 2.05) is 4.90 Å². The highest BCUT2D eigenvalue weighted by Gasteiger charge is 2.26. The molecule has 6 heteroatoms. The molecule has 1 saturated heterocycles. The zero-order valence-electron chi connectivity index (χ0n) is 14.3. The van der Waals surface area contributed by atoms with Gasteiger partial charge in [0.05, 0.1) is 12.8 Å². The number of carbonyl (C=O) groups is 1. The number of methoxy groups -OCH3 is 1. The van der Waals surface area contributed by atoms with Gasteiger partial charge in [0.1, 0.15) is 5.75 Å². The van der Waals surface area contributed by atoms with E-state index in [9.17, 15) is 4.79 Å². The molecule has 0 aromatic heterocycles. The van der Waals surface area contributed by atoms with Crippen LogP contribution in [0.25, 0.3) is 0 Å². The molecule has 1 saturated carbocycles. The van der Waals surface area contributed by atoms with Crippen LogP contribution in [0.5, 0.6) is 5.75 Å². The molecule has 2 aliphatic rings. The first-order valence-electron chi connectivity index (χ1n) is 8.81. The summed E-state index contributed by atoms with van der Waals surface area (Å²) in [5.74, 6) is 0.621. The molecule has 24 heavy (non-hydrogen) atoms. The van der Waals surface area contributed by atoms with E-state index in [0.29, 0.717) is 16.5 Å². The van der Waals surface area contributed by atoms with E-state index in [-0.39, 0.29) is 6.03 Å². The molecule has 0 radical (unpaired) electrons. The SMILES string of the molecule is COc1ccc(Cl)cc1NC(=O)N1CCCN(C2CCCC2)CC1. The van der Waals surface area contributed by atoms with Crippen LogP contribution >= 0.6 is 11.6 Å². The van der Waals surface area contributed by atoms with Gasteiger partial charge in [0.25, 0.3) is 0 Å². The third kappa shape index (κ3) is 4.14. The highest BCUT2D eigenvalue weighted by atomic mass is 35.5. The minimum atomic E-state index is -0.0798. The Bertz CT molecular complexity index is 575. The van der Waals surface area contributed by atoms with Gasteiger partial charge in [0.15, 0.2) is 0 Å². The van der Waals surface area contributed by atoms with Gasteiger partial charge in [0.2, 0.25) is 0 Å². The zero-order chi connectivity index (χ0) is 16.9. The number of hydrogen-bond donors (Lipinski definition) is 1. The highest BCUT2D eigenvalue weighted by Crippen LogP contribution is 2.28. The van der Waals surface area contributed by atoms with Crippen molar-refractivity contribution in [2.75, 3.05) is 38.6 Å². The number of nitrogens with one attached hydrogen (secondary N) is 1. The van der Waals surface area contributed by atoms with Gasteiger partial charge in [-0.3, -0.25) is 4.90 Å². The maximum absolute atomic E-state index is 12.6. The summed E-state index contributed by atoms with van der Waals surface area (Å²) in [5.41, 5.74) is 0.617. The van der Waals surface area contributed by atoms with Gasteiger partial charge in [-0.1, -0.05) is 24.4 Å². The average molecular weight is 352 g/mol. The molecule has 1 aromatic carbocycles. The zero-order valence-corrected chi connectivity index (χ0v) is 15.0. The highest BCUT2D eigenvalue weighted by molar-refractivity contribution is 6.31. The topological polar surface area (TPSA) is 44.8 Å². The molecule has 0 spiro atoms. The maximum Gasteiger partial charge on any atom is 0.321 e. The number of amides is 2. The number of anilines is 1. The van der Waals surface area contributed by atoms with E-state index < -0.39 is 0 Å². The van der Waals surface area contributed by atoms with Crippen LogP contribution in [-0.2, 0) is 0 Å². The summed E-state index contributed by atoms with van der Waals surface area (Å²) in [7, 11) is 1.59.